The van der Waals surface area contributed by atoms with Crippen LogP contribution in [0, 0.1) is 23.3 Å². The summed E-state index contributed by atoms with van der Waals surface area (Å²) in [5.74, 6) is -2.85. The fraction of sp³-hybridized carbons (Fsp3) is 0.0556. The Labute approximate surface area is 318 Å². The maximum atomic E-state index is 13.3. The Morgan fingerprint density at radius 3 is 1.54 bits per heavy atom. The van der Waals surface area contributed by atoms with Gasteiger partial charge in [0.05, 0.1) is 67.2 Å². The van der Waals surface area contributed by atoms with Gasteiger partial charge in [0.2, 0.25) is 0 Å². The Morgan fingerprint density at radius 2 is 1.09 bits per heavy atom. The van der Waals surface area contributed by atoms with Crippen molar-refractivity contribution < 1.29 is 39.5 Å². The number of hydrogen-bond acceptors (Lipinski definition) is 12. The van der Waals surface area contributed by atoms with Crippen molar-refractivity contribution in [3.05, 3.63) is 133 Å². The number of hydrogen-bond donors (Lipinski definition) is 4. The molecule has 0 bridgehead atoms. The van der Waals surface area contributed by atoms with Crippen LogP contribution in [0.3, 0.4) is 0 Å². The largest absolute Gasteiger partial charge is 0.454 e. The Hall–Kier alpha value is -7.90. The predicted molar refractivity (Wildman–Crippen MR) is 202 cm³/mol. The smallest absolute Gasteiger partial charge is 0.260 e. The molecule has 56 heavy (non-hydrogen) atoms. The Balaban J connectivity index is 0.000000371. The predicted octanol–water partition coefficient (Wildman–Crippen LogP) is 7.14. The first kappa shape index (κ1) is 40.9. The molecule has 6 N–H and O–H groups in total. The molecular formula is C36H34F4N12O4. The van der Waals surface area contributed by atoms with E-state index in [1.165, 1.54) is 49.2 Å². The highest BCUT2D eigenvalue weighted by Gasteiger charge is 2.17. The van der Waals surface area contributed by atoms with E-state index in [1.807, 2.05) is 13.8 Å². The monoisotopic (exact) mass is 774 g/mol. The molecule has 0 spiro atoms. The van der Waals surface area contributed by atoms with Crippen LogP contribution in [0.5, 0.6) is 23.0 Å². The van der Waals surface area contributed by atoms with Gasteiger partial charge in [-0.2, -0.15) is 0 Å². The maximum Gasteiger partial charge on any atom is 0.260 e. The number of nitrogens with two attached hydrogens (primary N) is 2. The van der Waals surface area contributed by atoms with Crippen molar-refractivity contribution in [3.63, 3.8) is 0 Å². The molecule has 0 saturated carbocycles. The van der Waals surface area contributed by atoms with Crippen molar-refractivity contribution in [1.29, 1.82) is 0 Å². The second kappa shape index (κ2) is 20.4. The summed E-state index contributed by atoms with van der Waals surface area (Å²) in [6, 6.07) is 9.56. The van der Waals surface area contributed by atoms with E-state index in [1.54, 1.807) is 0 Å². The van der Waals surface area contributed by atoms with E-state index in [9.17, 15) is 27.2 Å². The van der Waals surface area contributed by atoms with Gasteiger partial charge in [-0.1, -0.05) is 13.8 Å². The number of amides is 2. The number of carbonyl (C=O) groups excluding carboxylic acids is 2. The van der Waals surface area contributed by atoms with Gasteiger partial charge in [-0.25, -0.2) is 47.5 Å². The molecule has 290 valence electrons. The fourth-order valence-corrected chi connectivity index (χ4v) is 4.13. The van der Waals surface area contributed by atoms with Gasteiger partial charge in [0, 0.05) is 27.2 Å². The van der Waals surface area contributed by atoms with E-state index >= 15 is 0 Å². The number of halogens is 4. The summed E-state index contributed by atoms with van der Waals surface area (Å²) >= 11 is 0. The van der Waals surface area contributed by atoms with E-state index in [4.69, 9.17) is 20.9 Å². The lowest BCUT2D eigenvalue weighted by atomic mass is 10.2. The molecule has 0 saturated heterocycles. The third-order valence-electron chi connectivity index (χ3n) is 6.33. The third-order valence-corrected chi connectivity index (χ3v) is 6.33. The minimum Gasteiger partial charge on any atom is -0.454 e. The topological polar surface area (TPSA) is 231 Å². The van der Waals surface area contributed by atoms with Crippen LogP contribution in [0.1, 0.15) is 37.4 Å². The summed E-state index contributed by atoms with van der Waals surface area (Å²) < 4.78 is 63.5. The van der Waals surface area contributed by atoms with Crippen molar-refractivity contribution in [3.8, 4) is 23.0 Å². The molecule has 6 aromatic heterocycles. The van der Waals surface area contributed by atoms with Gasteiger partial charge in [-0.05, 0) is 30.3 Å². The van der Waals surface area contributed by atoms with Crippen molar-refractivity contribution >= 4 is 47.8 Å². The van der Waals surface area contributed by atoms with Crippen molar-refractivity contribution in [2.45, 2.75) is 13.8 Å². The third kappa shape index (κ3) is 12.1. The fourth-order valence-electron chi connectivity index (χ4n) is 4.13. The molecule has 6 heterocycles. The van der Waals surface area contributed by atoms with E-state index in [0.29, 0.717) is 0 Å². The van der Waals surface area contributed by atoms with Crippen LogP contribution in [0.25, 0.3) is 0 Å². The van der Waals surface area contributed by atoms with Gasteiger partial charge in [-0.3, -0.25) is 19.6 Å². The first-order chi connectivity index (χ1) is 27.1. The molecule has 6 aromatic rings. The highest BCUT2D eigenvalue weighted by Crippen LogP contribution is 2.28. The summed E-state index contributed by atoms with van der Waals surface area (Å²) in [4.78, 5) is 55.6. The molecule has 0 radical (unpaired) electrons. The maximum absolute atomic E-state index is 13.3. The molecule has 0 atom stereocenters. The number of aliphatic imine (C=N–C) groups is 2. The summed E-state index contributed by atoms with van der Waals surface area (Å²) in [5, 5.41) is 4.91. The number of aromatic nitrogens is 6. The molecule has 0 unspecified atom stereocenters. The zero-order chi connectivity index (χ0) is 40.5. The van der Waals surface area contributed by atoms with Crippen LogP contribution >= 0.6 is 0 Å². The molecule has 0 aliphatic carbocycles. The second-order valence-electron chi connectivity index (χ2n) is 10.2. The standard InChI is InChI=1S/2C17H12F2N6O2.C2H6.2H2/c18-10-1-2-15(22-6-10)25-17(26)14-4-13(8-23-16(14)24-9-20)27-12-3-11(19)5-21-7-12;18-10-1-2-22-15(4-10)25-17(26)14-5-13(8-23-16(14)24-9-20)27-12-3-11(19)6-21-7-12;1-2;;/h2*1-9H,(H2,20,23,24)(H,22,25,26);1-2H3;2*1H. The van der Waals surface area contributed by atoms with Crippen LogP contribution in [0.2, 0.25) is 0 Å². The number of nitrogens with zero attached hydrogens (tertiary/aromatic N) is 8. The average molecular weight is 775 g/mol. The minimum atomic E-state index is -0.663. The van der Waals surface area contributed by atoms with Crippen LogP contribution in [0.15, 0.2) is 108 Å². The number of pyridine rings is 6. The van der Waals surface area contributed by atoms with Gasteiger partial charge in [0.1, 0.15) is 57.9 Å². The first-order valence-corrected chi connectivity index (χ1v) is 16.0. The lowest BCUT2D eigenvalue weighted by Crippen LogP contribution is -2.14. The van der Waals surface area contributed by atoms with Crippen molar-refractivity contribution in [2.24, 2.45) is 21.5 Å². The zero-order valence-corrected chi connectivity index (χ0v) is 29.3. The average Bonchev–Trinajstić information content (AvgIpc) is 3.18. The second-order valence-corrected chi connectivity index (χ2v) is 10.2. The van der Waals surface area contributed by atoms with Crippen LogP contribution in [-0.4, -0.2) is 54.4 Å². The Bertz CT molecular complexity index is 2350. The summed E-state index contributed by atoms with van der Waals surface area (Å²) in [7, 11) is 0. The number of anilines is 2. The van der Waals surface area contributed by atoms with Gasteiger partial charge in [-0.15, -0.1) is 0 Å². The molecular weight excluding hydrogens is 740 g/mol. The van der Waals surface area contributed by atoms with E-state index in [2.05, 4.69) is 50.5 Å². The van der Waals surface area contributed by atoms with Crippen LogP contribution in [0.4, 0.5) is 40.8 Å². The Morgan fingerprint density at radius 1 is 0.589 bits per heavy atom. The van der Waals surface area contributed by atoms with Gasteiger partial charge in [0.25, 0.3) is 11.8 Å². The number of nitrogens with one attached hydrogen (secondary N) is 2. The van der Waals surface area contributed by atoms with E-state index in [-0.39, 0.29) is 60.2 Å². The molecule has 0 aliphatic rings. The number of rotatable bonds is 10. The SMILES string of the molecule is CC.N/C=N\c1ncc(Oc2cncc(F)c2)cc1C(=O)Nc1cc(F)ccn1.N/C=N\c1ncc(Oc2cncc(F)c2)cc1C(=O)Nc1ccc(F)cn1.[HH].[HH]. The highest BCUT2D eigenvalue weighted by molar-refractivity contribution is 6.07. The lowest BCUT2D eigenvalue weighted by Gasteiger charge is -2.09. The quantitative estimate of drug-likeness (QED) is 0.0618. The Kier molecular flexibility index (Phi) is 14.9. The van der Waals surface area contributed by atoms with Crippen molar-refractivity contribution in [1.82, 2.24) is 29.9 Å². The zero-order valence-electron chi connectivity index (χ0n) is 29.3. The number of ether oxygens (including phenoxy) is 2. The van der Waals surface area contributed by atoms with E-state index in [0.717, 1.165) is 61.6 Å². The molecule has 2 amide bonds. The van der Waals surface area contributed by atoms with Crippen molar-refractivity contribution in [2.75, 3.05) is 10.6 Å². The first-order valence-electron chi connectivity index (χ1n) is 16.0. The summed E-state index contributed by atoms with van der Waals surface area (Å²) in [6.45, 7) is 4.00. The highest BCUT2D eigenvalue weighted by atomic mass is 19.1. The van der Waals surface area contributed by atoms with Crippen LogP contribution < -0.4 is 31.6 Å². The van der Waals surface area contributed by atoms with Crippen LogP contribution in [-0.2, 0) is 0 Å². The van der Waals surface area contributed by atoms with Gasteiger partial charge >= 0.3 is 0 Å². The van der Waals surface area contributed by atoms with Gasteiger partial charge in [0.15, 0.2) is 11.6 Å². The molecule has 0 fully saturated rings. The summed E-state index contributed by atoms with van der Waals surface area (Å²) in [5.41, 5.74) is 10.6. The molecule has 0 aliphatic heterocycles. The molecule has 20 heteroatoms. The summed E-state index contributed by atoms with van der Waals surface area (Å²) in [6.07, 6.45) is 11.3. The molecule has 0 aromatic carbocycles. The molecule has 16 nitrogen and oxygen atoms in total. The minimum absolute atomic E-state index is 0. The lowest BCUT2D eigenvalue weighted by molar-refractivity contribution is 0.101. The van der Waals surface area contributed by atoms with E-state index < -0.39 is 35.1 Å². The number of carbonyl (C=O) groups is 2. The van der Waals surface area contributed by atoms with Gasteiger partial charge < -0.3 is 31.6 Å². The normalized spacial score (nSPS) is 10.5. The molecule has 6 rings (SSSR count).